The minimum absolute atomic E-state index is 0.332. The first-order valence-electron chi connectivity index (χ1n) is 8.33. The predicted molar refractivity (Wildman–Crippen MR) is 98.3 cm³/mol. The van der Waals surface area contributed by atoms with Gasteiger partial charge in [0.25, 0.3) is 0 Å². The van der Waals surface area contributed by atoms with Gasteiger partial charge in [0, 0.05) is 18.4 Å². The van der Waals surface area contributed by atoms with Crippen molar-refractivity contribution >= 4 is 11.7 Å². The van der Waals surface area contributed by atoms with Crippen LogP contribution in [-0.2, 0) is 16.0 Å². The van der Waals surface area contributed by atoms with Crippen molar-refractivity contribution in [3.05, 3.63) is 59.2 Å². The highest BCUT2D eigenvalue weighted by atomic mass is 16.5. The average Bonchev–Trinajstić information content (AvgIpc) is 2.67. The number of aryl methyl sites for hydroxylation is 1. The second-order valence-electron chi connectivity index (χ2n) is 5.67. The first kappa shape index (κ1) is 19.3. The molecule has 2 N–H and O–H groups in total. The molecule has 0 aliphatic heterocycles. The zero-order valence-electron chi connectivity index (χ0n) is 14.9. The molecule has 0 bridgehead atoms. The van der Waals surface area contributed by atoms with Gasteiger partial charge >= 0.3 is 5.97 Å². The molecule has 2 rings (SSSR count). The van der Waals surface area contributed by atoms with Gasteiger partial charge in [-0.1, -0.05) is 13.0 Å². The number of ether oxygens (including phenoxy) is 2. The van der Waals surface area contributed by atoms with E-state index in [1.807, 2.05) is 25.1 Å². The van der Waals surface area contributed by atoms with E-state index >= 15 is 0 Å². The van der Waals surface area contributed by atoms with Crippen LogP contribution in [0.5, 0.6) is 5.75 Å². The molecule has 0 aliphatic rings. The molecule has 136 valence electrons. The average molecular weight is 354 g/mol. The van der Waals surface area contributed by atoms with Crippen LogP contribution in [0.1, 0.15) is 29.7 Å². The Morgan fingerprint density at radius 2 is 1.96 bits per heavy atom. The summed E-state index contributed by atoms with van der Waals surface area (Å²) < 4.78 is 10.7. The molecule has 6 heteroatoms. The fourth-order valence-electron chi connectivity index (χ4n) is 2.49. The minimum atomic E-state index is -1.01. The third-order valence-corrected chi connectivity index (χ3v) is 3.91. The lowest BCUT2D eigenvalue weighted by Crippen LogP contribution is -2.22. The number of nitriles is 1. The van der Waals surface area contributed by atoms with Gasteiger partial charge in [0.15, 0.2) is 6.04 Å². The Labute approximate surface area is 153 Å². The molecule has 0 amide bonds. The Kier molecular flexibility index (Phi) is 7.01. The van der Waals surface area contributed by atoms with Gasteiger partial charge < -0.3 is 19.9 Å². The molecule has 0 spiro atoms. The summed E-state index contributed by atoms with van der Waals surface area (Å²) in [5.74, 6) is -0.507. The van der Waals surface area contributed by atoms with Crippen molar-refractivity contribution in [1.29, 1.82) is 5.26 Å². The standard InChI is InChI=1S/C20H22N2O4/c1-3-14-6-9-18(26-11-10-25-2)17(12-14)19(20(23)24)22-16-7-4-15(13-21)5-8-16/h4-9,12,19,22H,3,10-11H2,1-2H3,(H,23,24). The normalized spacial score (nSPS) is 11.4. The summed E-state index contributed by atoms with van der Waals surface area (Å²) in [5.41, 5.74) is 2.70. The molecule has 0 aliphatic carbocycles. The predicted octanol–water partition coefficient (Wildman–Crippen LogP) is 3.38. The summed E-state index contributed by atoms with van der Waals surface area (Å²) in [6, 6.07) is 13.3. The van der Waals surface area contributed by atoms with Crippen molar-refractivity contribution in [3.8, 4) is 11.8 Å². The number of rotatable bonds is 9. The summed E-state index contributed by atoms with van der Waals surface area (Å²) in [5, 5.41) is 21.6. The largest absolute Gasteiger partial charge is 0.491 e. The van der Waals surface area contributed by atoms with E-state index < -0.39 is 12.0 Å². The number of carboxylic acid groups (broad SMARTS) is 1. The number of methoxy groups -OCH3 is 1. The van der Waals surface area contributed by atoms with Crippen LogP contribution >= 0.6 is 0 Å². The number of nitrogens with zero attached hydrogens (tertiary/aromatic N) is 1. The molecule has 1 unspecified atom stereocenters. The van der Waals surface area contributed by atoms with Gasteiger partial charge in [0.05, 0.1) is 18.2 Å². The van der Waals surface area contributed by atoms with Crippen molar-refractivity contribution in [2.75, 3.05) is 25.6 Å². The van der Waals surface area contributed by atoms with Crippen LogP contribution in [0.25, 0.3) is 0 Å². The number of benzene rings is 2. The molecule has 2 aromatic rings. The molecule has 26 heavy (non-hydrogen) atoms. The van der Waals surface area contributed by atoms with Gasteiger partial charge in [-0.15, -0.1) is 0 Å². The van der Waals surface area contributed by atoms with Crippen LogP contribution in [0.4, 0.5) is 5.69 Å². The van der Waals surface area contributed by atoms with Gasteiger partial charge in [-0.25, -0.2) is 4.79 Å². The molecule has 0 fully saturated rings. The molecule has 6 nitrogen and oxygen atoms in total. The van der Waals surface area contributed by atoms with Crippen molar-refractivity contribution in [1.82, 2.24) is 0 Å². The van der Waals surface area contributed by atoms with Gasteiger partial charge in [-0.05, 0) is 48.4 Å². The number of hydrogen-bond donors (Lipinski definition) is 2. The van der Waals surface area contributed by atoms with Crippen LogP contribution < -0.4 is 10.1 Å². The molecular weight excluding hydrogens is 332 g/mol. The molecule has 0 heterocycles. The lowest BCUT2D eigenvalue weighted by molar-refractivity contribution is -0.138. The van der Waals surface area contributed by atoms with E-state index in [0.717, 1.165) is 12.0 Å². The quantitative estimate of drug-likeness (QED) is 0.671. The summed E-state index contributed by atoms with van der Waals surface area (Å²) in [7, 11) is 1.58. The van der Waals surface area contributed by atoms with Gasteiger partial charge in [-0.3, -0.25) is 0 Å². The molecule has 0 radical (unpaired) electrons. The van der Waals surface area contributed by atoms with E-state index in [9.17, 15) is 9.90 Å². The van der Waals surface area contributed by atoms with Crippen LogP contribution in [0.3, 0.4) is 0 Å². The molecule has 0 aromatic heterocycles. The number of carboxylic acids is 1. The number of anilines is 1. The van der Waals surface area contributed by atoms with E-state index in [4.69, 9.17) is 14.7 Å². The molecule has 0 saturated heterocycles. The first-order valence-corrected chi connectivity index (χ1v) is 8.33. The Morgan fingerprint density at radius 3 is 2.54 bits per heavy atom. The number of hydrogen-bond acceptors (Lipinski definition) is 5. The first-order chi connectivity index (χ1) is 12.6. The van der Waals surface area contributed by atoms with Gasteiger partial charge in [0.2, 0.25) is 0 Å². The SMILES string of the molecule is CCc1ccc(OCCOC)c(C(Nc2ccc(C#N)cc2)C(=O)O)c1. The zero-order chi connectivity index (χ0) is 18.9. The Morgan fingerprint density at radius 1 is 1.23 bits per heavy atom. The highest BCUT2D eigenvalue weighted by Crippen LogP contribution is 2.30. The summed E-state index contributed by atoms with van der Waals surface area (Å²) in [4.78, 5) is 11.9. The monoisotopic (exact) mass is 354 g/mol. The third-order valence-electron chi connectivity index (χ3n) is 3.91. The molecule has 0 saturated carbocycles. The fraction of sp³-hybridized carbons (Fsp3) is 0.300. The van der Waals surface area contributed by atoms with E-state index in [2.05, 4.69) is 5.32 Å². The number of nitrogens with one attached hydrogen (secondary N) is 1. The molecular formula is C20H22N2O4. The Balaban J connectivity index is 2.34. The van der Waals surface area contributed by atoms with Gasteiger partial charge in [-0.2, -0.15) is 5.26 Å². The Bertz CT molecular complexity index is 781. The van der Waals surface area contributed by atoms with Crippen molar-refractivity contribution in [3.63, 3.8) is 0 Å². The lowest BCUT2D eigenvalue weighted by Gasteiger charge is -2.20. The fourth-order valence-corrected chi connectivity index (χ4v) is 2.49. The molecule has 2 aromatic carbocycles. The van der Waals surface area contributed by atoms with E-state index in [0.29, 0.717) is 35.8 Å². The van der Waals surface area contributed by atoms with Crippen LogP contribution in [0.2, 0.25) is 0 Å². The van der Waals surface area contributed by atoms with E-state index in [-0.39, 0.29) is 0 Å². The highest BCUT2D eigenvalue weighted by molar-refractivity contribution is 5.80. The number of carbonyl (C=O) groups is 1. The van der Waals surface area contributed by atoms with Crippen molar-refractivity contribution < 1.29 is 19.4 Å². The molecule has 1 atom stereocenters. The van der Waals surface area contributed by atoms with E-state index in [1.165, 1.54) is 0 Å². The number of aliphatic carboxylic acids is 1. The van der Waals surface area contributed by atoms with E-state index in [1.54, 1.807) is 37.4 Å². The highest BCUT2D eigenvalue weighted by Gasteiger charge is 2.24. The summed E-state index contributed by atoms with van der Waals surface area (Å²) >= 11 is 0. The Hall–Kier alpha value is -3.04. The lowest BCUT2D eigenvalue weighted by atomic mass is 10.0. The third kappa shape index (κ3) is 4.98. The van der Waals surface area contributed by atoms with Gasteiger partial charge in [0.1, 0.15) is 12.4 Å². The maximum atomic E-state index is 11.9. The van der Waals surface area contributed by atoms with Crippen molar-refractivity contribution in [2.45, 2.75) is 19.4 Å². The second kappa shape index (κ2) is 9.44. The maximum Gasteiger partial charge on any atom is 0.330 e. The minimum Gasteiger partial charge on any atom is -0.491 e. The van der Waals surface area contributed by atoms with Crippen molar-refractivity contribution in [2.24, 2.45) is 0 Å². The second-order valence-corrected chi connectivity index (χ2v) is 5.67. The maximum absolute atomic E-state index is 11.9. The summed E-state index contributed by atoms with van der Waals surface area (Å²) in [6.45, 7) is 2.75. The smallest absolute Gasteiger partial charge is 0.330 e. The summed E-state index contributed by atoms with van der Waals surface area (Å²) in [6.07, 6.45) is 0.786. The topological polar surface area (TPSA) is 91.6 Å². The van der Waals surface area contributed by atoms with Crippen LogP contribution in [0.15, 0.2) is 42.5 Å². The van der Waals surface area contributed by atoms with Crippen LogP contribution in [0, 0.1) is 11.3 Å². The zero-order valence-corrected chi connectivity index (χ0v) is 14.9. The van der Waals surface area contributed by atoms with Crippen LogP contribution in [-0.4, -0.2) is 31.4 Å².